The third-order valence-electron chi connectivity index (χ3n) is 2.38. The third-order valence-corrected chi connectivity index (χ3v) is 2.38. The molecule has 2 rings (SSSR count). The SMILES string of the molecule is NC(c1ccc(F)cc1)C1CC1. The summed E-state index contributed by atoms with van der Waals surface area (Å²) in [7, 11) is 0. The van der Waals surface area contributed by atoms with Crippen LogP contribution >= 0.6 is 0 Å². The van der Waals surface area contributed by atoms with E-state index < -0.39 is 0 Å². The second-order valence-corrected chi connectivity index (χ2v) is 3.41. The van der Waals surface area contributed by atoms with Gasteiger partial charge in [-0.2, -0.15) is 0 Å². The zero-order valence-corrected chi connectivity index (χ0v) is 6.83. The molecule has 1 unspecified atom stereocenters. The molecule has 0 amide bonds. The van der Waals surface area contributed by atoms with Crippen LogP contribution in [0.25, 0.3) is 0 Å². The van der Waals surface area contributed by atoms with Crippen molar-refractivity contribution >= 4 is 0 Å². The normalized spacial score (nSPS) is 19.2. The lowest BCUT2D eigenvalue weighted by Crippen LogP contribution is -2.11. The Morgan fingerprint density at radius 3 is 2.33 bits per heavy atom. The van der Waals surface area contributed by atoms with Crippen LogP contribution in [0.1, 0.15) is 24.4 Å². The van der Waals surface area contributed by atoms with Gasteiger partial charge in [0.2, 0.25) is 0 Å². The molecule has 0 bridgehead atoms. The minimum Gasteiger partial charge on any atom is -0.324 e. The van der Waals surface area contributed by atoms with Crippen LogP contribution in [0.2, 0.25) is 0 Å². The van der Waals surface area contributed by atoms with Gasteiger partial charge in [0.15, 0.2) is 0 Å². The molecule has 0 aromatic heterocycles. The number of hydrogen-bond donors (Lipinski definition) is 1. The van der Waals surface area contributed by atoms with Gasteiger partial charge in [-0.3, -0.25) is 0 Å². The van der Waals surface area contributed by atoms with Gasteiger partial charge in [0.25, 0.3) is 0 Å². The van der Waals surface area contributed by atoms with Crippen molar-refractivity contribution < 1.29 is 4.39 Å². The van der Waals surface area contributed by atoms with Crippen molar-refractivity contribution in [2.24, 2.45) is 11.7 Å². The first kappa shape index (κ1) is 7.74. The first-order chi connectivity index (χ1) is 5.77. The predicted octanol–water partition coefficient (Wildman–Crippen LogP) is 2.24. The van der Waals surface area contributed by atoms with Gasteiger partial charge in [0.1, 0.15) is 5.82 Å². The lowest BCUT2D eigenvalue weighted by molar-refractivity contribution is 0.613. The van der Waals surface area contributed by atoms with Crippen molar-refractivity contribution in [3.63, 3.8) is 0 Å². The number of hydrogen-bond acceptors (Lipinski definition) is 1. The number of benzene rings is 1. The summed E-state index contributed by atoms with van der Waals surface area (Å²) in [6.07, 6.45) is 2.44. The van der Waals surface area contributed by atoms with Gasteiger partial charge >= 0.3 is 0 Å². The third kappa shape index (κ3) is 1.48. The van der Waals surface area contributed by atoms with Crippen LogP contribution in [-0.2, 0) is 0 Å². The molecule has 1 atom stereocenters. The molecule has 0 heterocycles. The lowest BCUT2D eigenvalue weighted by atomic mass is 10.0. The van der Waals surface area contributed by atoms with Crippen LogP contribution in [0.15, 0.2) is 24.3 Å². The van der Waals surface area contributed by atoms with Crippen molar-refractivity contribution in [2.75, 3.05) is 0 Å². The summed E-state index contributed by atoms with van der Waals surface area (Å²) in [6, 6.07) is 6.61. The molecule has 64 valence electrons. The van der Waals surface area contributed by atoms with E-state index in [1.54, 1.807) is 12.1 Å². The summed E-state index contributed by atoms with van der Waals surface area (Å²) in [5.74, 6) is 0.442. The molecule has 1 aliphatic carbocycles. The van der Waals surface area contributed by atoms with Crippen LogP contribution in [0.4, 0.5) is 4.39 Å². The van der Waals surface area contributed by atoms with Crippen LogP contribution in [0.5, 0.6) is 0 Å². The fourth-order valence-corrected chi connectivity index (χ4v) is 1.41. The van der Waals surface area contributed by atoms with E-state index in [-0.39, 0.29) is 11.9 Å². The second kappa shape index (κ2) is 2.87. The van der Waals surface area contributed by atoms with Gasteiger partial charge in [-0.05, 0) is 36.5 Å². The highest BCUT2D eigenvalue weighted by Gasteiger charge is 2.29. The highest BCUT2D eigenvalue weighted by Crippen LogP contribution is 2.39. The largest absolute Gasteiger partial charge is 0.324 e. The van der Waals surface area contributed by atoms with E-state index in [4.69, 9.17) is 5.73 Å². The number of halogens is 1. The minimum absolute atomic E-state index is 0.116. The molecule has 1 aliphatic rings. The van der Waals surface area contributed by atoms with Crippen LogP contribution < -0.4 is 5.73 Å². The van der Waals surface area contributed by atoms with E-state index in [2.05, 4.69) is 0 Å². The van der Waals surface area contributed by atoms with Crippen molar-refractivity contribution in [3.8, 4) is 0 Å². The Hall–Kier alpha value is -0.890. The fraction of sp³-hybridized carbons (Fsp3) is 0.400. The van der Waals surface area contributed by atoms with Crippen LogP contribution in [0, 0.1) is 11.7 Å². The van der Waals surface area contributed by atoms with Gasteiger partial charge in [-0.1, -0.05) is 12.1 Å². The number of nitrogens with two attached hydrogens (primary N) is 1. The summed E-state index contributed by atoms with van der Waals surface area (Å²) in [5, 5.41) is 0. The van der Waals surface area contributed by atoms with Gasteiger partial charge in [0.05, 0.1) is 0 Å². The summed E-state index contributed by atoms with van der Waals surface area (Å²) in [6.45, 7) is 0. The highest BCUT2D eigenvalue weighted by molar-refractivity contribution is 5.21. The molecule has 0 spiro atoms. The predicted molar refractivity (Wildman–Crippen MR) is 46.1 cm³/mol. The maximum Gasteiger partial charge on any atom is 0.123 e. The smallest absolute Gasteiger partial charge is 0.123 e. The van der Waals surface area contributed by atoms with E-state index >= 15 is 0 Å². The maximum absolute atomic E-state index is 12.5. The Labute approximate surface area is 71.4 Å². The average Bonchev–Trinajstić information content (AvgIpc) is 2.87. The van der Waals surface area contributed by atoms with Gasteiger partial charge < -0.3 is 5.73 Å². The Kier molecular flexibility index (Phi) is 1.85. The van der Waals surface area contributed by atoms with Crippen LogP contribution in [0.3, 0.4) is 0 Å². The van der Waals surface area contributed by atoms with Gasteiger partial charge in [-0.15, -0.1) is 0 Å². The van der Waals surface area contributed by atoms with E-state index in [1.165, 1.54) is 25.0 Å². The molecule has 2 N–H and O–H groups in total. The van der Waals surface area contributed by atoms with Crippen molar-refractivity contribution in [1.82, 2.24) is 0 Å². The molecule has 1 nitrogen and oxygen atoms in total. The summed E-state index contributed by atoms with van der Waals surface area (Å²) < 4.78 is 12.5. The lowest BCUT2D eigenvalue weighted by Gasteiger charge is -2.09. The monoisotopic (exact) mass is 165 g/mol. The zero-order chi connectivity index (χ0) is 8.55. The highest BCUT2D eigenvalue weighted by atomic mass is 19.1. The van der Waals surface area contributed by atoms with Crippen molar-refractivity contribution in [1.29, 1.82) is 0 Å². The molecule has 0 aliphatic heterocycles. The molecule has 1 aromatic rings. The fourth-order valence-electron chi connectivity index (χ4n) is 1.41. The molecule has 2 heteroatoms. The van der Waals surface area contributed by atoms with Crippen LogP contribution in [-0.4, -0.2) is 0 Å². The molecule has 12 heavy (non-hydrogen) atoms. The molecule has 1 fully saturated rings. The van der Waals surface area contributed by atoms with E-state index in [0.29, 0.717) is 5.92 Å². The van der Waals surface area contributed by atoms with Gasteiger partial charge in [-0.25, -0.2) is 4.39 Å². The first-order valence-corrected chi connectivity index (χ1v) is 4.28. The summed E-state index contributed by atoms with van der Waals surface area (Å²) in [5.41, 5.74) is 6.98. The van der Waals surface area contributed by atoms with E-state index in [9.17, 15) is 4.39 Å². The minimum atomic E-state index is -0.193. The summed E-state index contributed by atoms with van der Waals surface area (Å²) in [4.78, 5) is 0. The Morgan fingerprint density at radius 1 is 1.25 bits per heavy atom. The maximum atomic E-state index is 12.5. The quantitative estimate of drug-likeness (QED) is 0.714. The Morgan fingerprint density at radius 2 is 1.83 bits per heavy atom. The molecular weight excluding hydrogens is 153 g/mol. The Balaban J connectivity index is 2.16. The topological polar surface area (TPSA) is 26.0 Å². The molecule has 1 saturated carbocycles. The molecule has 0 radical (unpaired) electrons. The standard InChI is InChI=1S/C10H12FN/c11-9-5-3-8(4-6-9)10(12)7-1-2-7/h3-7,10H,1-2,12H2. The number of rotatable bonds is 2. The average molecular weight is 165 g/mol. The molecule has 1 aromatic carbocycles. The van der Waals surface area contributed by atoms with Crippen molar-refractivity contribution in [2.45, 2.75) is 18.9 Å². The van der Waals surface area contributed by atoms with Gasteiger partial charge in [0, 0.05) is 6.04 Å². The van der Waals surface area contributed by atoms with Crippen molar-refractivity contribution in [3.05, 3.63) is 35.6 Å². The second-order valence-electron chi connectivity index (χ2n) is 3.41. The van der Waals surface area contributed by atoms with E-state index in [1.807, 2.05) is 0 Å². The first-order valence-electron chi connectivity index (χ1n) is 4.28. The molecular formula is C10H12FN. The molecule has 0 saturated heterocycles. The Bertz CT molecular complexity index is 264. The van der Waals surface area contributed by atoms with E-state index in [0.717, 1.165) is 5.56 Å². The summed E-state index contributed by atoms with van der Waals surface area (Å²) >= 11 is 0. The zero-order valence-electron chi connectivity index (χ0n) is 6.83.